The molecule has 176 valence electrons. The zero-order valence-corrected chi connectivity index (χ0v) is 19.8. The topological polar surface area (TPSA) is 80.9 Å². The predicted octanol–water partition coefficient (Wildman–Crippen LogP) is 5.99. The summed E-state index contributed by atoms with van der Waals surface area (Å²) >= 11 is 0. The second-order valence-electron chi connectivity index (χ2n) is 8.62. The zero-order valence-electron chi connectivity index (χ0n) is 19.8. The summed E-state index contributed by atoms with van der Waals surface area (Å²) in [6.45, 7) is 3.90. The number of aryl methyl sites for hydroxylation is 2. The van der Waals surface area contributed by atoms with Gasteiger partial charge >= 0.3 is 5.97 Å². The third kappa shape index (κ3) is 4.47. The van der Waals surface area contributed by atoms with Gasteiger partial charge in [-0.15, -0.1) is 0 Å². The summed E-state index contributed by atoms with van der Waals surface area (Å²) in [5, 5.41) is 6.31. The molecule has 5 rings (SSSR count). The summed E-state index contributed by atoms with van der Waals surface area (Å²) in [6, 6.07) is 20.8. The average Bonchev–Trinajstić information content (AvgIpc) is 3.24. The first-order chi connectivity index (χ1) is 17.0. The Labute approximate surface area is 203 Å². The monoisotopic (exact) mass is 466 g/mol. The van der Waals surface area contributed by atoms with Gasteiger partial charge in [0.25, 0.3) is 5.91 Å². The van der Waals surface area contributed by atoms with Gasteiger partial charge in [0, 0.05) is 23.1 Å². The van der Waals surface area contributed by atoms with Crippen LogP contribution in [-0.2, 0) is 12.8 Å². The van der Waals surface area contributed by atoms with E-state index in [2.05, 4.69) is 17.5 Å². The Morgan fingerprint density at radius 3 is 2.57 bits per heavy atom. The molecular formula is C29H26N2O4. The van der Waals surface area contributed by atoms with E-state index >= 15 is 0 Å². The van der Waals surface area contributed by atoms with Gasteiger partial charge < -0.3 is 9.15 Å². The van der Waals surface area contributed by atoms with Gasteiger partial charge in [0.2, 0.25) is 5.76 Å². The first-order valence-electron chi connectivity index (χ1n) is 11.8. The summed E-state index contributed by atoms with van der Waals surface area (Å²) in [5.74, 6) is 0.514. The standard InChI is InChI=1S/C29H26N2O4/c1-3-19-14-16-21(17-15-19)34-29(33)27-18(2)26-24(12-7-13-25(26)35-27)30-31-28(32)23-11-6-9-20-8-4-5-10-22(20)23/h4-6,8-11,14-17H,3,7,12-13H2,1-2H3,(H,31,32)/b30-24+. The number of fused-ring (bicyclic) bond motifs is 2. The number of carbonyl (C=O) groups excluding carboxylic acids is 2. The number of nitrogens with zero attached hydrogens (tertiary/aromatic N) is 1. The van der Waals surface area contributed by atoms with Gasteiger partial charge in [-0.2, -0.15) is 5.10 Å². The quantitative estimate of drug-likeness (QED) is 0.222. The van der Waals surface area contributed by atoms with Crippen molar-refractivity contribution in [2.24, 2.45) is 5.10 Å². The number of nitrogens with one attached hydrogen (secondary N) is 1. The summed E-state index contributed by atoms with van der Waals surface area (Å²) in [4.78, 5) is 25.8. The molecule has 6 nitrogen and oxygen atoms in total. The maximum absolute atomic E-state index is 12.9. The van der Waals surface area contributed by atoms with Crippen molar-refractivity contribution in [2.75, 3.05) is 0 Å². The van der Waals surface area contributed by atoms with Crippen LogP contribution in [0.15, 0.2) is 76.2 Å². The molecule has 0 radical (unpaired) electrons. The number of hydrogen-bond acceptors (Lipinski definition) is 5. The van der Waals surface area contributed by atoms with E-state index in [0.29, 0.717) is 41.2 Å². The second kappa shape index (κ2) is 9.58. The van der Waals surface area contributed by atoms with Crippen LogP contribution in [-0.4, -0.2) is 17.6 Å². The molecule has 0 saturated heterocycles. The SMILES string of the molecule is CCc1ccc(OC(=O)c2oc3c(c2C)/C(=N/NC(=O)c2cccc4ccccc24)CCC3)cc1. The molecular weight excluding hydrogens is 440 g/mol. The van der Waals surface area contributed by atoms with Gasteiger partial charge in [-0.3, -0.25) is 4.79 Å². The number of carbonyl (C=O) groups is 2. The number of hydrazone groups is 1. The van der Waals surface area contributed by atoms with Crippen LogP contribution in [0.3, 0.4) is 0 Å². The van der Waals surface area contributed by atoms with Gasteiger partial charge in [0.05, 0.1) is 5.71 Å². The van der Waals surface area contributed by atoms with E-state index in [0.717, 1.165) is 29.2 Å². The molecule has 0 spiro atoms. The Morgan fingerprint density at radius 2 is 1.77 bits per heavy atom. The first kappa shape index (κ1) is 22.6. The number of esters is 1. The van der Waals surface area contributed by atoms with Crippen LogP contribution in [0.2, 0.25) is 0 Å². The summed E-state index contributed by atoms with van der Waals surface area (Å²) in [6.07, 6.45) is 3.11. The van der Waals surface area contributed by atoms with Crippen molar-refractivity contribution in [1.29, 1.82) is 0 Å². The molecule has 0 aliphatic heterocycles. The Kier molecular flexibility index (Phi) is 6.19. The smallest absolute Gasteiger partial charge is 0.379 e. The van der Waals surface area contributed by atoms with Gasteiger partial charge in [0.15, 0.2) is 0 Å². The Balaban J connectivity index is 1.38. The highest BCUT2D eigenvalue weighted by Gasteiger charge is 2.29. The normalized spacial score (nSPS) is 14.1. The van der Waals surface area contributed by atoms with Crippen LogP contribution in [0.5, 0.6) is 5.75 Å². The molecule has 0 unspecified atom stereocenters. The second-order valence-corrected chi connectivity index (χ2v) is 8.62. The minimum Gasteiger partial charge on any atom is -0.453 e. The number of hydrogen-bond donors (Lipinski definition) is 1. The van der Waals surface area contributed by atoms with Crippen LogP contribution < -0.4 is 10.2 Å². The van der Waals surface area contributed by atoms with Crippen LogP contribution >= 0.6 is 0 Å². The highest BCUT2D eigenvalue weighted by molar-refractivity contribution is 6.09. The molecule has 0 saturated carbocycles. The molecule has 0 atom stereocenters. The van der Waals surface area contributed by atoms with Crippen LogP contribution in [0.4, 0.5) is 0 Å². The molecule has 1 N–H and O–H groups in total. The zero-order chi connectivity index (χ0) is 24.4. The van der Waals surface area contributed by atoms with Crippen molar-refractivity contribution in [3.8, 4) is 5.75 Å². The summed E-state index contributed by atoms with van der Waals surface area (Å²) < 4.78 is 11.5. The number of benzene rings is 3. The molecule has 35 heavy (non-hydrogen) atoms. The van der Waals surface area contributed by atoms with Gasteiger partial charge in [-0.1, -0.05) is 55.5 Å². The van der Waals surface area contributed by atoms with E-state index in [1.807, 2.05) is 55.5 Å². The number of rotatable bonds is 5. The van der Waals surface area contributed by atoms with Gasteiger partial charge in [-0.25, -0.2) is 10.2 Å². The van der Waals surface area contributed by atoms with Crippen molar-refractivity contribution in [1.82, 2.24) is 5.43 Å². The molecule has 1 aliphatic carbocycles. The van der Waals surface area contributed by atoms with E-state index in [9.17, 15) is 9.59 Å². The van der Waals surface area contributed by atoms with E-state index < -0.39 is 5.97 Å². The largest absolute Gasteiger partial charge is 0.453 e. The van der Waals surface area contributed by atoms with E-state index in [4.69, 9.17) is 9.15 Å². The third-order valence-electron chi connectivity index (χ3n) is 6.38. The average molecular weight is 467 g/mol. The maximum atomic E-state index is 12.9. The fraction of sp³-hybridized carbons (Fsp3) is 0.207. The lowest BCUT2D eigenvalue weighted by atomic mass is 9.93. The van der Waals surface area contributed by atoms with Crippen molar-refractivity contribution >= 4 is 28.4 Å². The maximum Gasteiger partial charge on any atom is 0.379 e. The third-order valence-corrected chi connectivity index (χ3v) is 6.38. The molecule has 0 fully saturated rings. The molecule has 4 aromatic rings. The highest BCUT2D eigenvalue weighted by Crippen LogP contribution is 2.31. The Morgan fingerprint density at radius 1 is 1.00 bits per heavy atom. The molecule has 1 heterocycles. The number of amides is 1. The van der Waals surface area contributed by atoms with Crippen LogP contribution in [0, 0.1) is 6.92 Å². The van der Waals surface area contributed by atoms with Crippen molar-refractivity contribution < 1.29 is 18.7 Å². The fourth-order valence-corrected chi connectivity index (χ4v) is 4.52. The minimum absolute atomic E-state index is 0.171. The molecule has 1 aromatic heterocycles. The van der Waals surface area contributed by atoms with Crippen LogP contribution in [0.1, 0.15) is 63.1 Å². The lowest BCUT2D eigenvalue weighted by Crippen LogP contribution is -2.22. The van der Waals surface area contributed by atoms with Crippen LogP contribution in [0.25, 0.3) is 10.8 Å². The van der Waals surface area contributed by atoms with Crippen molar-refractivity contribution in [3.05, 3.63) is 101 Å². The van der Waals surface area contributed by atoms with Crippen molar-refractivity contribution in [2.45, 2.75) is 39.5 Å². The van der Waals surface area contributed by atoms with Gasteiger partial charge in [-0.05, 0) is 60.7 Å². The van der Waals surface area contributed by atoms with Gasteiger partial charge in [0.1, 0.15) is 11.5 Å². The number of furan rings is 1. The van der Waals surface area contributed by atoms with E-state index in [1.165, 1.54) is 5.56 Å². The summed E-state index contributed by atoms with van der Waals surface area (Å²) in [7, 11) is 0. The lowest BCUT2D eigenvalue weighted by molar-refractivity contribution is 0.0698. The number of ether oxygens (including phenoxy) is 1. The van der Waals surface area contributed by atoms with E-state index in [-0.39, 0.29) is 11.7 Å². The highest BCUT2D eigenvalue weighted by atomic mass is 16.5. The Hall–Kier alpha value is -4.19. The van der Waals surface area contributed by atoms with E-state index in [1.54, 1.807) is 18.2 Å². The fourth-order valence-electron chi connectivity index (χ4n) is 4.52. The minimum atomic E-state index is -0.541. The lowest BCUT2D eigenvalue weighted by Gasteiger charge is -2.13. The molecule has 1 aliphatic rings. The molecule has 1 amide bonds. The molecule has 6 heteroatoms. The first-order valence-corrected chi connectivity index (χ1v) is 11.8. The predicted molar refractivity (Wildman–Crippen MR) is 135 cm³/mol. The van der Waals surface area contributed by atoms with Crippen molar-refractivity contribution in [3.63, 3.8) is 0 Å². The molecule has 3 aromatic carbocycles. The molecule has 0 bridgehead atoms. The Bertz CT molecular complexity index is 1440. The summed E-state index contributed by atoms with van der Waals surface area (Å²) in [5.41, 5.74) is 6.59.